The molecule has 0 saturated carbocycles. The molecule has 0 aromatic heterocycles. The van der Waals surface area contributed by atoms with Crippen LogP contribution in [0.15, 0.2) is 24.3 Å². The summed E-state index contributed by atoms with van der Waals surface area (Å²) in [6, 6.07) is 8.42. The maximum Gasteiger partial charge on any atom is 0.0994 e. The Morgan fingerprint density at radius 1 is 1.40 bits per heavy atom. The Balaban J connectivity index is 2.31. The Labute approximate surface area is 95.9 Å². The highest BCUT2D eigenvalue weighted by Crippen LogP contribution is 2.37. The van der Waals surface area contributed by atoms with E-state index in [0.29, 0.717) is 5.92 Å². The molecule has 82 valence electrons. The molecule has 1 unspecified atom stereocenters. The van der Waals surface area contributed by atoms with E-state index in [2.05, 4.69) is 38.1 Å². The molecular weight excluding hydrogens is 204 g/mol. The molecule has 0 spiro atoms. The van der Waals surface area contributed by atoms with Crippen molar-refractivity contribution in [2.75, 3.05) is 11.5 Å². The summed E-state index contributed by atoms with van der Waals surface area (Å²) in [5, 5.41) is 10.4. The van der Waals surface area contributed by atoms with Crippen LogP contribution >= 0.6 is 11.8 Å². The van der Waals surface area contributed by atoms with E-state index in [9.17, 15) is 5.11 Å². The summed E-state index contributed by atoms with van der Waals surface area (Å²) >= 11 is 1.84. The lowest BCUT2D eigenvalue weighted by Gasteiger charge is -2.23. The quantitative estimate of drug-likeness (QED) is 0.829. The van der Waals surface area contributed by atoms with E-state index in [4.69, 9.17) is 0 Å². The van der Waals surface area contributed by atoms with Crippen molar-refractivity contribution in [1.29, 1.82) is 0 Å². The van der Waals surface area contributed by atoms with Crippen molar-refractivity contribution in [3.05, 3.63) is 35.4 Å². The largest absolute Gasteiger partial charge is 0.384 e. The molecule has 15 heavy (non-hydrogen) atoms. The maximum atomic E-state index is 10.4. The van der Waals surface area contributed by atoms with Gasteiger partial charge in [-0.15, -0.1) is 0 Å². The van der Waals surface area contributed by atoms with Gasteiger partial charge in [0, 0.05) is 5.75 Å². The Morgan fingerprint density at radius 2 is 2.20 bits per heavy atom. The Hall–Kier alpha value is -0.470. The van der Waals surface area contributed by atoms with Crippen molar-refractivity contribution in [3.63, 3.8) is 0 Å². The van der Waals surface area contributed by atoms with E-state index in [1.165, 1.54) is 5.56 Å². The second-order valence-corrected chi connectivity index (χ2v) is 5.72. The molecule has 2 rings (SSSR count). The lowest BCUT2D eigenvalue weighted by Crippen LogP contribution is -2.24. The highest BCUT2D eigenvalue weighted by atomic mass is 32.2. The molecule has 1 heterocycles. The molecule has 1 saturated heterocycles. The highest BCUT2D eigenvalue weighted by Gasteiger charge is 2.33. The van der Waals surface area contributed by atoms with E-state index in [1.807, 2.05) is 11.8 Å². The Bertz CT molecular complexity index is 340. The predicted molar refractivity (Wildman–Crippen MR) is 66.4 cm³/mol. The molecule has 1 N–H and O–H groups in total. The van der Waals surface area contributed by atoms with Crippen LogP contribution in [0.5, 0.6) is 0 Å². The van der Waals surface area contributed by atoms with Gasteiger partial charge in [0.05, 0.1) is 5.60 Å². The van der Waals surface area contributed by atoms with Gasteiger partial charge in [0.15, 0.2) is 0 Å². The van der Waals surface area contributed by atoms with Crippen LogP contribution in [-0.2, 0) is 5.60 Å². The second-order valence-electron chi connectivity index (χ2n) is 4.61. The first-order valence-corrected chi connectivity index (χ1v) is 6.68. The molecule has 1 aromatic carbocycles. The summed E-state index contributed by atoms with van der Waals surface area (Å²) < 4.78 is 0. The predicted octanol–water partition coefficient (Wildman–Crippen LogP) is 3.13. The monoisotopic (exact) mass is 222 g/mol. The number of hydrogen-bond donors (Lipinski definition) is 1. The standard InChI is InChI=1S/C13H18OS/c1-10(2)11-4-3-5-12(8-11)13(14)6-7-15-9-13/h3-5,8,10,14H,6-7,9H2,1-2H3. The van der Waals surface area contributed by atoms with Crippen LogP contribution in [0.2, 0.25) is 0 Å². The van der Waals surface area contributed by atoms with Crippen LogP contribution in [0.1, 0.15) is 37.3 Å². The van der Waals surface area contributed by atoms with Gasteiger partial charge in [0.1, 0.15) is 0 Å². The maximum absolute atomic E-state index is 10.4. The summed E-state index contributed by atoms with van der Waals surface area (Å²) in [5.74, 6) is 2.44. The van der Waals surface area contributed by atoms with E-state index in [-0.39, 0.29) is 0 Å². The van der Waals surface area contributed by atoms with Crippen molar-refractivity contribution in [2.45, 2.75) is 31.8 Å². The van der Waals surface area contributed by atoms with Crippen LogP contribution in [-0.4, -0.2) is 16.6 Å². The molecule has 2 heteroatoms. The SMILES string of the molecule is CC(C)c1cccc(C2(O)CCSC2)c1. The number of hydrogen-bond acceptors (Lipinski definition) is 2. The Kier molecular flexibility index (Phi) is 3.08. The molecule has 0 radical (unpaired) electrons. The topological polar surface area (TPSA) is 20.2 Å². The third kappa shape index (κ3) is 2.21. The third-order valence-corrected chi connectivity index (χ3v) is 4.27. The van der Waals surface area contributed by atoms with Crippen molar-refractivity contribution in [1.82, 2.24) is 0 Å². The molecular formula is C13H18OS. The fourth-order valence-corrected chi connectivity index (χ4v) is 3.24. The normalized spacial score (nSPS) is 26.1. The fraction of sp³-hybridized carbons (Fsp3) is 0.538. The van der Waals surface area contributed by atoms with Crippen LogP contribution in [0, 0.1) is 0 Å². The summed E-state index contributed by atoms with van der Waals surface area (Å²) in [7, 11) is 0. The molecule has 0 aliphatic carbocycles. The molecule has 1 atom stereocenters. The summed E-state index contributed by atoms with van der Waals surface area (Å²) in [5.41, 5.74) is 1.84. The van der Waals surface area contributed by atoms with Gasteiger partial charge in [-0.25, -0.2) is 0 Å². The fourth-order valence-electron chi connectivity index (χ4n) is 1.97. The minimum absolute atomic E-state index is 0.530. The van der Waals surface area contributed by atoms with Gasteiger partial charge >= 0.3 is 0 Å². The molecule has 1 aliphatic heterocycles. The number of rotatable bonds is 2. The van der Waals surface area contributed by atoms with Gasteiger partial charge in [-0.3, -0.25) is 0 Å². The lowest BCUT2D eigenvalue weighted by atomic mass is 9.90. The van der Waals surface area contributed by atoms with Gasteiger partial charge in [-0.2, -0.15) is 11.8 Å². The molecule has 1 nitrogen and oxygen atoms in total. The van der Waals surface area contributed by atoms with Crippen LogP contribution < -0.4 is 0 Å². The van der Waals surface area contributed by atoms with Crippen molar-refractivity contribution < 1.29 is 5.11 Å². The highest BCUT2D eigenvalue weighted by molar-refractivity contribution is 7.99. The number of benzene rings is 1. The van der Waals surface area contributed by atoms with Gasteiger partial charge in [-0.05, 0) is 29.2 Å². The number of aliphatic hydroxyl groups is 1. The average molecular weight is 222 g/mol. The molecule has 0 amide bonds. The first-order valence-electron chi connectivity index (χ1n) is 5.52. The first kappa shape index (κ1) is 11.0. The molecule has 1 fully saturated rings. The third-order valence-electron chi connectivity index (χ3n) is 3.09. The van der Waals surface area contributed by atoms with Gasteiger partial charge < -0.3 is 5.11 Å². The van der Waals surface area contributed by atoms with E-state index < -0.39 is 5.60 Å². The van der Waals surface area contributed by atoms with Crippen LogP contribution in [0.3, 0.4) is 0 Å². The minimum atomic E-state index is -0.574. The summed E-state index contributed by atoms with van der Waals surface area (Å²) in [4.78, 5) is 0. The second kappa shape index (κ2) is 4.18. The zero-order valence-electron chi connectivity index (χ0n) is 9.36. The summed E-state index contributed by atoms with van der Waals surface area (Å²) in [6.07, 6.45) is 0.888. The zero-order valence-corrected chi connectivity index (χ0v) is 10.2. The van der Waals surface area contributed by atoms with Crippen molar-refractivity contribution in [3.8, 4) is 0 Å². The first-order chi connectivity index (χ1) is 7.12. The van der Waals surface area contributed by atoms with Crippen LogP contribution in [0.4, 0.5) is 0 Å². The smallest absolute Gasteiger partial charge is 0.0994 e. The van der Waals surface area contributed by atoms with Crippen molar-refractivity contribution >= 4 is 11.8 Å². The molecule has 1 aromatic rings. The average Bonchev–Trinajstić information content (AvgIpc) is 2.67. The Morgan fingerprint density at radius 3 is 2.80 bits per heavy atom. The lowest BCUT2D eigenvalue weighted by molar-refractivity contribution is 0.0657. The molecule has 1 aliphatic rings. The number of thioether (sulfide) groups is 1. The molecule has 0 bridgehead atoms. The summed E-state index contributed by atoms with van der Waals surface area (Å²) in [6.45, 7) is 4.37. The van der Waals surface area contributed by atoms with E-state index >= 15 is 0 Å². The van der Waals surface area contributed by atoms with Gasteiger partial charge in [-0.1, -0.05) is 38.1 Å². The minimum Gasteiger partial charge on any atom is -0.384 e. The van der Waals surface area contributed by atoms with Gasteiger partial charge in [0.2, 0.25) is 0 Å². The van der Waals surface area contributed by atoms with E-state index in [1.54, 1.807) is 0 Å². The van der Waals surface area contributed by atoms with Gasteiger partial charge in [0.25, 0.3) is 0 Å². The van der Waals surface area contributed by atoms with Crippen molar-refractivity contribution in [2.24, 2.45) is 0 Å². The van der Waals surface area contributed by atoms with E-state index in [0.717, 1.165) is 23.5 Å². The van der Waals surface area contributed by atoms with Crippen LogP contribution in [0.25, 0.3) is 0 Å². The zero-order chi connectivity index (χ0) is 10.9.